The molecule has 0 heterocycles. The van der Waals surface area contributed by atoms with Crippen LogP contribution in [-0.4, -0.2) is 24.5 Å². The standard InChI is InChI=1S/C21H25F2NO2/c1-15-7-6-8-18(13-15)26-12-5-4-9-21(25)24(3)16(2)17-10-11-19(22)20(23)14-17/h6-8,10-11,13-14,16H,4-5,9,12H2,1-3H3. The van der Waals surface area contributed by atoms with Crippen LogP contribution in [0.5, 0.6) is 5.75 Å². The highest BCUT2D eigenvalue weighted by Gasteiger charge is 2.18. The molecule has 0 aliphatic rings. The highest BCUT2D eigenvalue weighted by atomic mass is 19.2. The summed E-state index contributed by atoms with van der Waals surface area (Å²) in [5, 5.41) is 0. The predicted molar refractivity (Wildman–Crippen MR) is 98.1 cm³/mol. The molecule has 2 rings (SSSR count). The Morgan fingerprint density at radius 1 is 1.12 bits per heavy atom. The minimum atomic E-state index is -0.900. The summed E-state index contributed by atoms with van der Waals surface area (Å²) in [6.45, 7) is 4.36. The lowest BCUT2D eigenvalue weighted by atomic mass is 10.1. The van der Waals surface area contributed by atoms with E-state index in [4.69, 9.17) is 4.74 Å². The van der Waals surface area contributed by atoms with Crippen LogP contribution in [0, 0.1) is 18.6 Å². The second kappa shape index (κ2) is 9.32. The van der Waals surface area contributed by atoms with Gasteiger partial charge in [0.15, 0.2) is 11.6 Å². The summed E-state index contributed by atoms with van der Waals surface area (Å²) in [5.41, 5.74) is 1.72. The monoisotopic (exact) mass is 361 g/mol. The number of unbranched alkanes of at least 4 members (excludes halogenated alkanes) is 1. The molecule has 1 unspecified atom stereocenters. The zero-order valence-electron chi connectivity index (χ0n) is 15.5. The molecule has 26 heavy (non-hydrogen) atoms. The fraction of sp³-hybridized carbons (Fsp3) is 0.381. The maximum absolute atomic E-state index is 13.4. The number of carbonyl (C=O) groups is 1. The molecule has 0 aromatic heterocycles. The molecule has 2 aromatic rings. The average molecular weight is 361 g/mol. The van der Waals surface area contributed by atoms with Crippen LogP contribution in [0.25, 0.3) is 0 Å². The summed E-state index contributed by atoms with van der Waals surface area (Å²) in [5.74, 6) is -0.981. The Morgan fingerprint density at radius 3 is 2.58 bits per heavy atom. The van der Waals surface area contributed by atoms with Crippen LogP contribution >= 0.6 is 0 Å². The van der Waals surface area contributed by atoms with Crippen molar-refractivity contribution < 1.29 is 18.3 Å². The number of rotatable bonds is 8. The van der Waals surface area contributed by atoms with Gasteiger partial charge in [0.2, 0.25) is 5.91 Å². The first-order valence-electron chi connectivity index (χ1n) is 8.78. The van der Waals surface area contributed by atoms with E-state index in [2.05, 4.69) is 0 Å². The van der Waals surface area contributed by atoms with Crippen LogP contribution in [0.15, 0.2) is 42.5 Å². The zero-order valence-corrected chi connectivity index (χ0v) is 15.5. The third-order valence-electron chi connectivity index (χ3n) is 4.44. The number of amides is 1. The molecule has 0 spiro atoms. The van der Waals surface area contributed by atoms with Gasteiger partial charge in [-0.2, -0.15) is 0 Å². The number of aryl methyl sites for hydroxylation is 1. The molecular formula is C21H25F2NO2. The van der Waals surface area contributed by atoms with E-state index in [1.54, 1.807) is 18.9 Å². The van der Waals surface area contributed by atoms with Crippen LogP contribution in [-0.2, 0) is 4.79 Å². The van der Waals surface area contributed by atoms with Crippen molar-refractivity contribution in [1.82, 2.24) is 4.90 Å². The molecule has 0 saturated heterocycles. The highest BCUT2D eigenvalue weighted by molar-refractivity contribution is 5.76. The Labute approximate surface area is 153 Å². The molecular weight excluding hydrogens is 336 g/mol. The largest absolute Gasteiger partial charge is 0.494 e. The molecule has 0 fully saturated rings. The van der Waals surface area contributed by atoms with Gasteiger partial charge in [0.05, 0.1) is 12.6 Å². The molecule has 2 aromatic carbocycles. The van der Waals surface area contributed by atoms with E-state index in [9.17, 15) is 13.6 Å². The van der Waals surface area contributed by atoms with Crippen LogP contribution in [0.4, 0.5) is 8.78 Å². The first kappa shape index (κ1) is 19.9. The van der Waals surface area contributed by atoms with Crippen LogP contribution < -0.4 is 4.74 Å². The molecule has 0 radical (unpaired) electrons. The Bertz CT molecular complexity index is 749. The van der Waals surface area contributed by atoms with E-state index < -0.39 is 11.6 Å². The maximum atomic E-state index is 13.4. The minimum Gasteiger partial charge on any atom is -0.494 e. The topological polar surface area (TPSA) is 29.5 Å². The number of benzene rings is 2. The Hall–Kier alpha value is -2.43. The fourth-order valence-corrected chi connectivity index (χ4v) is 2.66. The van der Waals surface area contributed by atoms with Crippen molar-refractivity contribution in [2.24, 2.45) is 0 Å². The summed E-state index contributed by atoms with van der Waals surface area (Å²) in [6, 6.07) is 11.3. The van der Waals surface area contributed by atoms with Crippen molar-refractivity contribution in [3.8, 4) is 5.75 Å². The Kier molecular flexibility index (Phi) is 7.13. The summed E-state index contributed by atoms with van der Waals surface area (Å²) < 4.78 is 32.1. The summed E-state index contributed by atoms with van der Waals surface area (Å²) in [6.07, 6.45) is 1.87. The van der Waals surface area contributed by atoms with Crippen molar-refractivity contribution in [2.75, 3.05) is 13.7 Å². The van der Waals surface area contributed by atoms with Gasteiger partial charge in [0.1, 0.15) is 5.75 Å². The van der Waals surface area contributed by atoms with Gasteiger partial charge in [-0.3, -0.25) is 4.79 Å². The van der Waals surface area contributed by atoms with Crippen LogP contribution in [0.2, 0.25) is 0 Å². The first-order chi connectivity index (χ1) is 12.4. The lowest BCUT2D eigenvalue weighted by Gasteiger charge is -2.25. The summed E-state index contributed by atoms with van der Waals surface area (Å²) >= 11 is 0. The molecule has 1 amide bonds. The quantitative estimate of drug-likeness (QED) is 0.616. The number of ether oxygens (including phenoxy) is 1. The first-order valence-corrected chi connectivity index (χ1v) is 8.78. The molecule has 0 aliphatic carbocycles. The highest BCUT2D eigenvalue weighted by Crippen LogP contribution is 2.22. The van der Waals surface area contributed by atoms with Crippen molar-refractivity contribution >= 4 is 5.91 Å². The molecule has 1 atom stereocenters. The Morgan fingerprint density at radius 2 is 1.88 bits per heavy atom. The van der Waals surface area contributed by atoms with Crippen LogP contribution in [0.3, 0.4) is 0 Å². The minimum absolute atomic E-state index is 0.0298. The molecule has 3 nitrogen and oxygen atoms in total. The molecule has 0 aliphatic heterocycles. The number of nitrogens with zero attached hydrogens (tertiary/aromatic N) is 1. The third kappa shape index (κ3) is 5.55. The molecule has 0 N–H and O–H groups in total. The number of halogens is 2. The van der Waals surface area contributed by atoms with Gasteiger partial charge >= 0.3 is 0 Å². The third-order valence-corrected chi connectivity index (χ3v) is 4.44. The van der Waals surface area contributed by atoms with Gasteiger partial charge in [-0.25, -0.2) is 8.78 Å². The molecule has 0 saturated carbocycles. The lowest BCUT2D eigenvalue weighted by molar-refractivity contribution is -0.131. The maximum Gasteiger partial charge on any atom is 0.222 e. The van der Waals surface area contributed by atoms with Crippen molar-refractivity contribution in [2.45, 2.75) is 39.2 Å². The molecule has 140 valence electrons. The van der Waals surface area contributed by atoms with E-state index in [0.717, 1.165) is 29.9 Å². The lowest BCUT2D eigenvalue weighted by Crippen LogP contribution is -2.29. The summed E-state index contributed by atoms with van der Waals surface area (Å²) in [7, 11) is 1.68. The molecule has 0 bridgehead atoms. The van der Waals surface area contributed by atoms with Crippen LogP contribution in [0.1, 0.15) is 43.4 Å². The average Bonchev–Trinajstić information content (AvgIpc) is 2.62. The summed E-state index contributed by atoms with van der Waals surface area (Å²) in [4.78, 5) is 13.9. The van der Waals surface area contributed by atoms with Gasteiger partial charge < -0.3 is 9.64 Å². The van der Waals surface area contributed by atoms with E-state index in [-0.39, 0.29) is 11.9 Å². The smallest absolute Gasteiger partial charge is 0.222 e. The fourth-order valence-electron chi connectivity index (χ4n) is 2.66. The van der Waals surface area contributed by atoms with Crippen molar-refractivity contribution in [3.05, 3.63) is 65.2 Å². The number of carbonyl (C=O) groups excluding carboxylic acids is 1. The number of hydrogen-bond donors (Lipinski definition) is 0. The van der Waals surface area contributed by atoms with Gasteiger partial charge in [-0.05, 0) is 62.1 Å². The van der Waals surface area contributed by atoms with Crippen molar-refractivity contribution in [3.63, 3.8) is 0 Å². The van der Waals surface area contributed by atoms with E-state index >= 15 is 0 Å². The number of hydrogen-bond acceptors (Lipinski definition) is 2. The Balaban J connectivity index is 1.75. The molecule has 5 heteroatoms. The van der Waals surface area contributed by atoms with E-state index in [1.165, 1.54) is 6.07 Å². The van der Waals surface area contributed by atoms with E-state index in [1.807, 2.05) is 31.2 Å². The van der Waals surface area contributed by atoms with Gasteiger partial charge in [-0.15, -0.1) is 0 Å². The SMILES string of the molecule is Cc1cccc(OCCCCC(=O)N(C)C(C)c2ccc(F)c(F)c2)c1. The van der Waals surface area contributed by atoms with Gasteiger partial charge in [0.25, 0.3) is 0 Å². The normalized spacial score (nSPS) is 11.9. The van der Waals surface area contributed by atoms with E-state index in [0.29, 0.717) is 25.0 Å². The predicted octanol–water partition coefficient (Wildman–Crippen LogP) is 5.04. The second-order valence-electron chi connectivity index (χ2n) is 6.48. The van der Waals surface area contributed by atoms with Gasteiger partial charge in [-0.1, -0.05) is 18.2 Å². The zero-order chi connectivity index (χ0) is 19.1. The second-order valence-corrected chi connectivity index (χ2v) is 6.48. The van der Waals surface area contributed by atoms with Gasteiger partial charge in [0, 0.05) is 13.5 Å². The van der Waals surface area contributed by atoms with Crippen molar-refractivity contribution in [1.29, 1.82) is 0 Å².